The zero-order valence-electron chi connectivity index (χ0n) is 14.3. The van der Waals surface area contributed by atoms with Crippen molar-refractivity contribution >= 4 is 21.9 Å². The number of halogens is 1. The van der Waals surface area contributed by atoms with Gasteiger partial charge in [-0.2, -0.15) is 0 Å². The second kappa shape index (κ2) is 8.15. The highest BCUT2D eigenvalue weighted by Crippen LogP contribution is 2.37. The Morgan fingerprint density at radius 2 is 1.72 bits per heavy atom. The van der Waals surface area contributed by atoms with Gasteiger partial charge >= 0.3 is 5.97 Å². The number of nitrogens with zero attached hydrogens (tertiary/aromatic N) is 1. The number of benzene rings is 2. The van der Waals surface area contributed by atoms with Crippen molar-refractivity contribution < 1.29 is 9.90 Å². The van der Waals surface area contributed by atoms with Gasteiger partial charge in [0, 0.05) is 11.0 Å². The first kappa shape index (κ1) is 18.2. The maximum atomic E-state index is 12.0. The number of piperidine rings is 1. The van der Waals surface area contributed by atoms with Gasteiger partial charge in [-0.15, -0.1) is 0 Å². The number of carboxylic acids is 1. The second-order valence-corrected chi connectivity index (χ2v) is 7.89. The van der Waals surface area contributed by atoms with Gasteiger partial charge in [0.2, 0.25) is 0 Å². The minimum absolute atomic E-state index is 0.588. The van der Waals surface area contributed by atoms with Gasteiger partial charge in [-0.05, 0) is 62.0 Å². The van der Waals surface area contributed by atoms with Crippen molar-refractivity contribution in [1.82, 2.24) is 4.90 Å². The summed E-state index contributed by atoms with van der Waals surface area (Å²) in [5, 5.41) is 9.87. The molecule has 0 radical (unpaired) electrons. The van der Waals surface area contributed by atoms with E-state index in [-0.39, 0.29) is 0 Å². The van der Waals surface area contributed by atoms with Crippen LogP contribution in [0.3, 0.4) is 0 Å². The zero-order valence-corrected chi connectivity index (χ0v) is 15.9. The molecule has 0 amide bonds. The molecule has 2 aromatic carbocycles. The molecule has 0 spiro atoms. The number of likely N-dealkylation sites (tertiary alicyclic amines) is 1. The standard InChI is InChI=1S/C21H24BrNO2/c22-19-8-4-7-17(15-19)9-10-21(20(24)25)11-13-23(14-12-21)16-18-5-2-1-3-6-18/h1-8,15H,9-14,16H2,(H,24,25). The molecule has 1 heterocycles. The van der Waals surface area contributed by atoms with Crippen LogP contribution >= 0.6 is 15.9 Å². The summed E-state index contributed by atoms with van der Waals surface area (Å²) in [6.45, 7) is 2.60. The van der Waals surface area contributed by atoms with Crippen molar-refractivity contribution in [3.8, 4) is 0 Å². The molecule has 1 saturated heterocycles. The van der Waals surface area contributed by atoms with Gasteiger partial charge in [0.15, 0.2) is 0 Å². The van der Waals surface area contributed by atoms with E-state index in [0.29, 0.717) is 6.42 Å². The van der Waals surface area contributed by atoms with E-state index in [0.717, 1.165) is 43.4 Å². The summed E-state index contributed by atoms with van der Waals surface area (Å²) in [4.78, 5) is 14.4. The highest BCUT2D eigenvalue weighted by atomic mass is 79.9. The molecular formula is C21H24BrNO2. The fourth-order valence-corrected chi connectivity index (χ4v) is 4.07. The van der Waals surface area contributed by atoms with Crippen molar-refractivity contribution in [3.63, 3.8) is 0 Å². The van der Waals surface area contributed by atoms with Gasteiger partial charge < -0.3 is 5.11 Å². The Bertz CT molecular complexity index is 709. The molecule has 3 rings (SSSR count). The molecule has 0 saturated carbocycles. The first-order chi connectivity index (χ1) is 12.1. The summed E-state index contributed by atoms with van der Waals surface area (Å²) in [5.74, 6) is -0.637. The molecule has 25 heavy (non-hydrogen) atoms. The number of aryl methyl sites for hydroxylation is 1. The van der Waals surface area contributed by atoms with Crippen molar-refractivity contribution in [2.45, 2.75) is 32.2 Å². The Morgan fingerprint density at radius 3 is 2.36 bits per heavy atom. The van der Waals surface area contributed by atoms with Crippen LogP contribution in [0.5, 0.6) is 0 Å². The zero-order chi connectivity index (χ0) is 17.7. The van der Waals surface area contributed by atoms with Crippen molar-refractivity contribution in [3.05, 3.63) is 70.2 Å². The minimum atomic E-state index is -0.637. The molecule has 3 nitrogen and oxygen atoms in total. The second-order valence-electron chi connectivity index (χ2n) is 6.98. The number of carbonyl (C=O) groups is 1. The lowest BCUT2D eigenvalue weighted by Crippen LogP contribution is -2.44. The molecule has 0 aliphatic carbocycles. The Kier molecular flexibility index (Phi) is 5.92. The third-order valence-electron chi connectivity index (χ3n) is 5.30. The quantitative estimate of drug-likeness (QED) is 0.758. The average molecular weight is 402 g/mol. The Morgan fingerprint density at radius 1 is 1.04 bits per heavy atom. The molecule has 2 aromatic rings. The topological polar surface area (TPSA) is 40.5 Å². The van der Waals surface area contributed by atoms with E-state index in [9.17, 15) is 9.90 Å². The monoisotopic (exact) mass is 401 g/mol. The fourth-order valence-electron chi connectivity index (χ4n) is 3.63. The number of hydrogen-bond acceptors (Lipinski definition) is 2. The summed E-state index contributed by atoms with van der Waals surface area (Å²) in [5.41, 5.74) is 1.90. The van der Waals surface area contributed by atoms with Gasteiger partial charge in [0.05, 0.1) is 5.41 Å². The van der Waals surface area contributed by atoms with Crippen molar-refractivity contribution in [1.29, 1.82) is 0 Å². The van der Waals surface area contributed by atoms with E-state index in [1.54, 1.807) is 0 Å². The first-order valence-corrected chi connectivity index (χ1v) is 9.61. The third-order valence-corrected chi connectivity index (χ3v) is 5.79. The summed E-state index contributed by atoms with van der Waals surface area (Å²) in [7, 11) is 0. The normalized spacial score (nSPS) is 17.3. The van der Waals surface area contributed by atoms with Crippen LogP contribution in [0.1, 0.15) is 30.4 Å². The average Bonchev–Trinajstić information content (AvgIpc) is 2.62. The highest BCUT2D eigenvalue weighted by molar-refractivity contribution is 9.10. The number of rotatable bonds is 6. The summed E-state index contributed by atoms with van der Waals surface area (Å²) < 4.78 is 1.05. The van der Waals surface area contributed by atoms with Gasteiger partial charge in [0.1, 0.15) is 0 Å². The van der Waals surface area contributed by atoms with Crippen molar-refractivity contribution in [2.75, 3.05) is 13.1 Å². The van der Waals surface area contributed by atoms with E-state index in [2.05, 4.69) is 57.2 Å². The van der Waals surface area contributed by atoms with Crippen LogP contribution in [0.2, 0.25) is 0 Å². The maximum Gasteiger partial charge on any atom is 0.309 e. The Labute approximate surface area is 157 Å². The predicted molar refractivity (Wildman–Crippen MR) is 103 cm³/mol. The molecule has 1 N–H and O–H groups in total. The summed E-state index contributed by atoms with van der Waals surface area (Å²) in [6, 6.07) is 18.6. The lowest BCUT2D eigenvalue weighted by molar-refractivity contribution is -0.152. The van der Waals surface area contributed by atoms with E-state index in [1.165, 1.54) is 11.1 Å². The van der Waals surface area contributed by atoms with Gasteiger partial charge in [-0.1, -0.05) is 58.4 Å². The Hall–Kier alpha value is -1.65. The number of carboxylic acid groups (broad SMARTS) is 1. The highest BCUT2D eigenvalue weighted by Gasteiger charge is 2.40. The fraction of sp³-hybridized carbons (Fsp3) is 0.381. The molecule has 4 heteroatoms. The van der Waals surface area contributed by atoms with Gasteiger partial charge in [-0.25, -0.2) is 0 Å². The predicted octanol–water partition coefficient (Wildman–Crippen LogP) is 4.75. The van der Waals surface area contributed by atoms with E-state index >= 15 is 0 Å². The largest absolute Gasteiger partial charge is 0.481 e. The molecule has 1 fully saturated rings. The van der Waals surface area contributed by atoms with Crippen LogP contribution in [0, 0.1) is 5.41 Å². The molecule has 1 aliphatic heterocycles. The molecule has 132 valence electrons. The van der Waals surface area contributed by atoms with E-state index in [1.807, 2.05) is 18.2 Å². The smallest absolute Gasteiger partial charge is 0.309 e. The van der Waals surface area contributed by atoms with Crippen LogP contribution in [0.25, 0.3) is 0 Å². The summed E-state index contributed by atoms with van der Waals surface area (Å²) in [6.07, 6.45) is 2.97. The number of hydrogen-bond donors (Lipinski definition) is 1. The molecule has 0 unspecified atom stereocenters. The maximum absolute atomic E-state index is 12.0. The molecular weight excluding hydrogens is 378 g/mol. The first-order valence-electron chi connectivity index (χ1n) is 8.82. The van der Waals surface area contributed by atoms with Gasteiger partial charge in [0.25, 0.3) is 0 Å². The minimum Gasteiger partial charge on any atom is -0.481 e. The molecule has 1 aliphatic rings. The summed E-state index contributed by atoms with van der Waals surface area (Å²) >= 11 is 3.49. The number of aliphatic carboxylic acids is 1. The molecule has 0 aromatic heterocycles. The SMILES string of the molecule is O=C(O)C1(CCc2cccc(Br)c2)CCN(Cc2ccccc2)CC1. The van der Waals surface area contributed by atoms with E-state index < -0.39 is 11.4 Å². The molecule has 0 bridgehead atoms. The van der Waals surface area contributed by atoms with Crippen LogP contribution in [-0.4, -0.2) is 29.1 Å². The van der Waals surface area contributed by atoms with Crippen LogP contribution in [0.4, 0.5) is 0 Å². The van der Waals surface area contributed by atoms with Crippen LogP contribution < -0.4 is 0 Å². The lowest BCUT2D eigenvalue weighted by atomic mass is 9.74. The lowest BCUT2D eigenvalue weighted by Gasteiger charge is -2.39. The molecule has 0 atom stereocenters. The van der Waals surface area contributed by atoms with Crippen LogP contribution in [0.15, 0.2) is 59.1 Å². The Balaban J connectivity index is 1.60. The third kappa shape index (κ3) is 4.71. The van der Waals surface area contributed by atoms with Crippen molar-refractivity contribution in [2.24, 2.45) is 5.41 Å². The van der Waals surface area contributed by atoms with Crippen LogP contribution in [-0.2, 0) is 17.8 Å². The van der Waals surface area contributed by atoms with E-state index in [4.69, 9.17) is 0 Å². The van der Waals surface area contributed by atoms with Gasteiger partial charge in [-0.3, -0.25) is 9.69 Å².